The van der Waals surface area contributed by atoms with Crippen LogP contribution in [0.5, 0.6) is 0 Å². The quantitative estimate of drug-likeness (QED) is 0.614. The van der Waals surface area contributed by atoms with Crippen LogP contribution in [0.2, 0.25) is 0 Å². The molecule has 1 aliphatic heterocycles. The highest BCUT2D eigenvalue weighted by Crippen LogP contribution is 2.38. The Hall–Kier alpha value is -1.82. The van der Waals surface area contributed by atoms with Gasteiger partial charge in [-0.05, 0) is 55.5 Å². The maximum Gasteiger partial charge on any atom is 0.271 e. The van der Waals surface area contributed by atoms with E-state index in [0.29, 0.717) is 18.4 Å². The molecule has 6 heteroatoms. The van der Waals surface area contributed by atoms with Crippen LogP contribution < -0.4 is 5.32 Å². The van der Waals surface area contributed by atoms with Gasteiger partial charge in [-0.1, -0.05) is 52.4 Å². The van der Waals surface area contributed by atoms with Gasteiger partial charge in [-0.15, -0.1) is 11.3 Å². The molecule has 3 aliphatic rings. The zero-order valence-electron chi connectivity index (χ0n) is 19.7. The van der Waals surface area contributed by atoms with Gasteiger partial charge in [0.15, 0.2) is 0 Å². The van der Waals surface area contributed by atoms with Crippen LogP contribution in [0.1, 0.15) is 89.0 Å². The molecule has 174 valence electrons. The molecule has 0 radical (unpaired) electrons. The Kier molecular flexibility index (Phi) is 5.85. The number of aromatic nitrogens is 1. The van der Waals surface area contributed by atoms with Crippen molar-refractivity contribution in [3.63, 3.8) is 0 Å². The molecule has 5 nitrogen and oxygen atoms in total. The largest absolute Gasteiger partial charge is 0.351 e. The van der Waals surface area contributed by atoms with Gasteiger partial charge in [0.05, 0.1) is 16.8 Å². The maximum atomic E-state index is 14.0. The zero-order valence-corrected chi connectivity index (χ0v) is 20.5. The van der Waals surface area contributed by atoms with Crippen molar-refractivity contribution in [2.24, 2.45) is 11.8 Å². The van der Waals surface area contributed by atoms with Crippen molar-refractivity contribution in [2.75, 3.05) is 0 Å². The summed E-state index contributed by atoms with van der Waals surface area (Å²) in [5.74, 6) is 1.15. The molecule has 2 fully saturated rings. The van der Waals surface area contributed by atoms with Crippen molar-refractivity contribution in [2.45, 2.75) is 103 Å². The van der Waals surface area contributed by atoms with Crippen LogP contribution in [0.3, 0.4) is 0 Å². The van der Waals surface area contributed by atoms with Gasteiger partial charge in [0.1, 0.15) is 11.2 Å². The highest BCUT2D eigenvalue weighted by atomic mass is 32.1. The second-order valence-corrected chi connectivity index (χ2v) is 11.7. The van der Waals surface area contributed by atoms with Gasteiger partial charge in [0.25, 0.3) is 5.91 Å². The zero-order chi connectivity index (χ0) is 22.5. The van der Waals surface area contributed by atoms with Crippen LogP contribution in [-0.4, -0.2) is 38.9 Å². The summed E-state index contributed by atoms with van der Waals surface area (Å²) in [5, 5.41) is 5.51. The second-order valence-electron chi connectivity index (χ2n) is 10.7. The van der Waals surface area contributed by atoms with E-state index in [4.69, 9.17) is 0 Å². The van der Waals surface area contributed by atoms with Crippen LogP contribution in [-0.2, 0) is 11.3 Å². The Balaban J connectivity index is 1.52. The molecule has 0 bridgehead atoms. The smallest absolute Gasteiger partial charge is 0.271 e. The molecular weight excluding hydrogens is 418 g/mol. The fourth-order valence-electron chi connectivity index (χ4n) is 6.43. The number of hydrogen-bond donors (Lipinski definition) is 1. The summed E-state index contributed by atoms with van der Waals surface area (Å²) in [5.41, 5.74) is 0.964. The standard InChI is InChI=1S/C26H37N3O2S/c1-17-9-8-12-20(18(17)2)27-25(31)26(3)16-28-21-13-14-32-23(21)15-22(28)24(30)29(26)19-10-6-4-5-7-11-19/h13-15,17-20H,4-12,16H2,1-3H3,(H,27,31)/t17-,18-,20+,26-/m1/s1. The molecule has 0 saturated heterocycles. The highest BCUT2D eigenvalue weighted by Gasteiger charge is 2.51. The number of hydrogen-bond acceptors (Lipinski definition) is 3. The summed E-state index contributed by atoms with van der Waals surface area (Å²) in [4.78, 5) is 30.0. The summed E-state index contributed by atoms with van der Waals surface area (Å²) in [6, 6.07) is 4.46. The van der Waals surface area contributed by atoms with Gasteiger partial charge in [0, 0.05) is 12.1 Å². The fourth-order valence-corrected chi connectivity index (χ4v) is 7.25. The third-order valence-electron chi connectivity index (χ3n) is 8.66. The lowest BCUT2D eigenvalue weighted by atomic mass is 9.77. The van der Waals surface area contributed by atoms with Gasteiger partial charge in [0.2, 0.25) is 5.91 Å². The molecule has 2 saturated carbocycles. The van der Waals surface area contributed by atoms with Gasteiger partial charge < -0.3 is 14.8 Å². The number of nitrogens with one attached hydrogen (secondary N) is 1. The minimum Gasteiger partial charge on any atom is -0.351 e. The van der Waals surface area contributed by atoms with Crippen molar-refractivity contribution >= 4 is 33.4 Å². The average molecular weight is 456 g/mol. The summed E-state index contributed by atoms with van der Waals surface area (Å²) >= 11 is 1.67. The van der Waals surface area contributed by atoms with Crippen molar-refractivity contribution in [1.29, 1.82) is 0 Å². The molecule has 32 heavy (non-hydrogen) atoms. The number of carbonyl (C=O) groups excluding carboxylic acids is 2. The molecular formula is C26H37N3O2S. The number of nitrogens with zero attached hydrogens (tertiary/aromatic N) is 2. The number of amides is 2. The second kappa shape index (κ2) is 8.51. The van der Waals surface area contributed by atoms with Crippen LogP contribution in [0, 0.1) is 11.8 Å². The van der Waals surface area contributed by atoms with E-state index in [-0.39, 0.29) is 23.9 Å². The molecule has 2 aromatic heterocycles. The molecule has 3 heterocycles. The predicted octanol–water partition coefficient (Wildman–Crippen LogP) is 5.58. The maximum absolute atomic E-state index is 14.0. The van der Waals surface area contributed by atoms with E-state index in [1.165, 1.54) is 19.3 Å². The van der Waals surface area contributed by atoms with E-state index in [0.717, 1.165) is 54.4 Å². The lowest BCUT2D eigenvalue weighted by Gasteiger charge is -2.49. The fraction of sp³-hybridized carbons (Fsp3) is 0.692. The van der Waals surface area contributed by atoms with Gasteiger partial charge in [-0.3, -0.25) is 9.59 Å². The first-order chi connectivity index (χ1) is 15.4. The Morgan fingerprint density at radius 3 is 2.59 bits per heavy atom. The van der Waals surface area contributed by atoms with E-state index in [9.17, 15) is 9.59 Å². The van der Waals surface area contributed by atoms with E-state index < -0.39 is 5.54 Å². The molecule has 1 N–H and O–H groups in total. The summed E-state index contributed by atoms with van der Waals surface area (Å²) < 4.78 is 3.24. The van der Waals surface area contributed by atoms with Crippen molar-refractivity contribution in [3.8, 4) is 0 Å². The van der Waals surface area contributed by atoms with E-state index in [2.05, 4.69) is 35.2 Å². The Bertz CT molecular complexity index is 1000. The Labute approximate surface area is 195 Å². The molecule has 0 unspecified atom stereocenters. The molecule has 2 aliphatic carbocycles. The number of rotatable bonds is 3. The minimum absolute atomic E-state index is 0.0313. The van der Waals surface area contributed by atoms with Crippen molar-refractivity contribution < 1.29 is 9.59 Å². The van der Waals surface area contributed by atoms with Gasteiger partial charge >= 0.3 is 0 Å². The predicted molar refractivity (Wildman–Crippen MR) is 130 cm³/mol. The molecule has 2 amide bonds. The first-order valence-corrected chi connectivity index (χ1v) is 13.5. The van der Waals surface area contributed by atoms with E-state index in [1.54, 1.807) is 11.3 Å². The lowest BCUT2D eigenvalue weighted by molar-refractivity contribution is -0.136. The normalized spacial score (nSPS) is 32.0. The minimum atomic E-state index is -0.868. The topological polar surface area (TPSA) is 54.3 Å². The molecule has 5 rings (SSSR count). The van der Waals surface area contributed by atoms with Crippen LogP contribution in [0.4, 0.5) is 0 Å². The van der Waals surface area contributed by atoms with E-state index in [1.807, 2.05) is 17.9 Å². The van der Waals surface area contributed by atoms with Gasteiger partial charge in [-0.25, -0.2) is 0 Å². The van der Waals surface area contributed by atoms with Crippen molar-refractivity contribution in [3.05, 3.63) is 23.2 Å². The number of fused-ring (bicyclic) bond motifs is 3. The number of carbonyl (C=O) groups is 2. The third-order valence-corrected chi connectivity index (χ3v) is 9.51. The van der Waals surface area contributed by atoms with Crippen LogP contribution in [0.25, 0.3) is 10.2 Å². The molecule has 0 aromatic carbocycles. The van der Waals surface area contributed by atoms with Crippen molar-refractivity contribution in [1.82, 2.24) is 14.8 Å². The summed E-state index contributed by atoms with van der Waals surface area (Å²) in [7, 11) is 0. The third kappa shape index (κ3) is 3.59. The summed E-state index contributed by atoms with van der Waals surface area (Å²) in [6.07, 6.45) is 10.2. The average Bonchev–Trinajstić information content (AvgIpc) is 3.25. The molecule has 0 spiro atoms. The monoisotopic (exact) mass is 455 g/mol. The Morgan fingerprint density at radius 1 is 1.09 bits per heavy atom. The van der Waals surface area contributed by atoms with Crippen LogP contribution in [0.15, 0.2) is 17.5 Å². The lowest BCUT2D eigenvalue weighted by Crippen LogP contribution is -2.67. The summed E-state index contributed by atoms with van der Waals surface area (Å²) in [6.45, 7) is 7.12. The van der Waals surface area contributed by atoms with Crippen LogP contribution >= 0.6 is 11.3 Å². The SMILES string of the molecule is C[C@@H]1[C@H](C)CCC[C@@H]1NC(=O)[C@@]1(C)Cn2c(cc3sccc32)C(=O)N1C1CCCCCC1. The molecule has 4 atom stereocenters. The first kappa shape index (κ1) is 22.0. The van der Waals surface area contributed by atoms with Gasteiger partial charge in [-0.2, -0.15) is 0 Å². The number of thiophene rings is 1. The molecule has 2 aromatic rings. The Morgan fingerprint density at radius 2 is 1.84 bits per heavy atom. The highest BCUT2D eigenvalue weighted by molar-refractivity contribution is 7.17. The van der Waals surface area contributed by atoms with E-state index >= 15 is 0 Å². The first-order valence-electron chi connectivity index (χ1n) is 12.6.